The van der Waals surface area contributed by atoms with Gasteiger partial charge in [-0.15, -0.1) is 11.3 Å². The summed E-state index contributed by atoms with van der Waals surface area (Å²) in [6, 6.07) is 0. The van der Waals surface area contributed by atoms with Crippen molar-refractivity contribution < 1.29 is 9.53 Å². The predicted octanol–water partition coefficient (Wildman–Crippen LogP) is 3.77. The van der Waals surface area contributed by atoms with E-state index < -0.39 is 0 Å². The minimum absolute atomic E-state index is 0.00747. The van der Waals surface area contributed by atoms with Crippen LogP contribution in [0.2, 0.25) is 0 Å². The summed E-state index contributed by atoms with van der Waals surface area (Å²) < 4.78 is 5.52. The molecule has 1 amide bonds. The van der Waals surface area contributed by atoms with Gasteiger partial charge in [0.15, 0.2) is 0 Å². The molecule has 3 heterocycles. The number of hydrogen-bond donors (Lipinski definition) is 1. The standard InChI is InChI=1S/C23H31N3O3S/c1-29-16-8-4-6-14(12-16)23(28)26-11-5-7-15(13-26)20-24-21(27)19-17-9-2-3-10-18(17)30-22(19)25-20/h14-16H,2-13H2,1H3,(H,24,25,27)/t14-,15+,16-/m1/s1. The van der Waals surface area contributed by atoms with Crippen molar-refractivity contribution in [2.75, 3.05) is 20.2 Å². The molecular weight excluding hydrogens is 398 g/mol. The van der Waals surface area contributed by atoms with E-state index in [9.17, 15) is 9.59 Å². The molecule has 5 rings (SSSR count). The monoisotopic (exact) mass is 429 g/mol. The number of likely N-dealkylation sites (tertiary alicyclic amines) is 1. The van der Waals surface area contributed by atoms with E-state index in [4.69, 9.17) is 9.72 Å². The Morgan fingerprint density at radius 3 is 2.90 bits per heavy atom. The summed E-state index contributed by atoms with van der Waals surface area (Å²) in [6.45, 7) is 1.47. The van der Waals surface area contributed by atoms with Crippen molar-refractivity contribution in [3.63, 3.8) is 0 Å². The van der Waals surface area contributed by atoms with Crippen LogP contribution in [0.25, 0.3) is 10.2 Å². The molecule has 6 nitrogen and oxygen atoms in total. The van der Waals surface area contributed by atoms with E-state index >= 15 is 0 Å². The highest BCUT2D eigenvalue weighted by Gasteiger charge is 2.34. The van der Waals surface area contributed by atoms with E-state index in [1.165, 1.54) is 16.9 Å². The van der Waals surface area contributed by atoms with Gasteiger partial charge in [-0.2, -0.15) is 0 Å². The van der Waals surface area contributed by atoms with Crippen molar-refractivity contribution in [3.8, 4) is 0 Å². The number of carbonyl (C=O) groups excluding carboxylic acids is 1. The van der Waals surface area contributed by atoms with E-state index in [1.54, 1.807) is 18.4 Å². The molecule has 1 N–H and O–H groups in total. The average Bonchev–Trinajstić information content (AvgIpc) is 3.17. The van der Waals surface area contributed by atoms with Gasteiger partial charge in [0.25, 0.3) is 5.56 Å². The number of nitrogens with one attached hydrogen (secondary N) is 1. The largest absolute Gasteiger partial charge is 0.381 e. The van der Waals surface area contributed by atoms with Crippen molar-refractivity contribution in [2.45, 2.75) is 76.2 Å². The molecule has 3 atom stereocenters. The summed E-state index contributed by atoms with van der Waals surface area (Å²) in [6.07, 6.45) is 10.5. The molecule has 2 fully saturated rings. The Labute approximate surface area is 181 Å². The number of amides is 1. The number of thiophene rings is 1. The van der Waals surface area contributed by atoms with Gasteiger partial charge < -0.3 is 14.6 Å². The molecule has 7 heteroatoms. The number of fused-ring (bicyclic) bond motifs is 3. The van der Waals surface area contributed by atoms with Crippen LogP contribution in [0.15, 0.2) is 4.79 Å². The quantitative estimate of drug-likeness (QED) is 0.806. The van der Waals surface area contributed by atoms with Crippen LogP contribution < -0.4 is 5.56 Å². The predicted molar refractivity (Wildman–Crippen MR) is 118 cm³/mol. The highest BCUT2D eigenvalue weighted by Crippen LogP contribution is 2.35. The Bertz CT molecular complexity index is 997. The molecule has 1 saturated carbocycles. The Morgan fingerprint density at radius 1 is 1.17 bits per heavy atom. The zero-order chi connectivity index (χ0) is 20.7. The van der Waals surface area contributed by atoms with Crippen LogP contribution in [0.5, 0.6) is 0 Å². The third-order valence-corrected chi connectivity index (χ3v) is 8.46. The van der Waals surface area contributed by atoms with Gasteiger partial charge in [0.2, 0.25) is 5.91 Å². The van der Waals surface area contributed by atoms with Gasteiger partial charge in [0, 0.05) is 36.9 Å². The van der Waals surface area contributed by atoms with Gasteiger partial charge in [-0.05, 0) is 63.4 Å². The second kappa shape index (κ2) is 8.42. The molecule has 2 aromatic rings. The fraction of sp³-hybridized carbons (Fsp3) is 0.696. The lowest BCUT2D eigenvalue weighted by Gasteiger charge is -2.36. The SMILES string of the molecule is CO[C@@H]1CCC[C@@H](C(=O)N2CCC[C@H](c3nc4sc5c(c4c(=O)[nH]3)CCCC5)C2)C1. The third kappa shape index (κ3) is 3.71. The fourth-order valence-electron chi connectivity index (χ4n) is 5.62. The first kappa shape index (κ1) is 20.2. The maximum Gasteiger partial charge on any atom is 0.259 e. The average molecular weight is 430 g/mol. The van der Waals surface area contributed by atoms with Crippen LogP contribution in [0.4, 0.5) is 0 Å². The van der Waals surface area contributed by atoms with Gasteiger partial charge in [-0.3, -0.25) is 9.59 Å². The van der Waals surface area contributed by atoms with E-state index in [-0.39, 0.29) is 29.4 Å². The van der Waals surface area contributed by atoms with E-state index in [0.29, 0.717) is 6.54 Å². The molecule has 0 bridgehead atoms. The molecule has 0 spiro atoms. The molecule has 162 valence electrons. The van der Waals surface area contributed by atoms with Crippen molar-refractivity contribution in [1.29, 1.82) is 0 Å². The smallest absolute Gasteiger partial charge is 0.259 e. The summed E-state index contributed by atoms with van der Waals surface area (Å²) in [4.78, 5) is 38.3. The number of hydrogen-bond acceptors (Lipinski definition) is 5. The molecule has 0 aromatic carbocycles. The Hall–Kier alpha value is -1.73. The van der Waals surface area contributed by atoms with Gasteiger partial charge in [-0.1, -0.05) is 6.42 Å². The van der Waals surface area contributed by atoms with Gasteiger partial charge in [-0.25, -0.2) is 4.98 Å². The Kier molecular flexibility index (Phi) is 5.67. The lowest BCUT2D eigenvalue weighted by Crippen LogP contribution is -2.44. The van der Waals surface area contributed by atoms with Crippen molar-refractivity contribution in [1.82, 2.24) is 14.9 Å². The maximum atomic E-state index is 13.2. The minimum Gasteiger partial charge on any atom is -0.381 e. The molecule has 2 aliphatic carbocycles. The summed E-state index contributed by atoms with van der Waals surface area (Å²) in [5.41, 5.74) is 1.24. The third-order valence-electron chi connectivity index (χ3n) is 7.27. The Balaban J connectivity index is 1.36. The van der Waals surface area contributed by atoms with Crippen molar-refractivity contribution in [2.24, 2.45) is 5.92 Å². The second-order valence-electron chi connectivity index (χ2n) is 9.19. The summed E-state index contributed by atoms with van der Waals surface area (Å²) in [7, 11) is 1.75. The van der Waals surface area contributed by atoms with E-state index in [1.807, 2.05) is 4.90 Å². The number of aryl methyl sites for hydroxylation is 2. The Morgan fingerprint density at radius 2 is 2.03 bits per heavy atom. The first-order valence-corrected chi connectivity index (χ1v) is 12.3. The molecule has 1 aliphatic heterocycles. The normalized spacial score (nSPS) is 27.2. The van der Waals surface area contributed by atoms with E-state index in [0.717, 1.165) is 80.4 Å². The van der Waals surface area contributed by atoms with Crippen LogP contribution in [0.1, 0.15) is 73.5 Å². The molecule has 30 heavy (non-hydrogen) atoms. The summed E-state index contributed by atoms with van der Waals surface area (Å²) >= 11 is 1.70. The van der Waals surface area contributed by atoms with Crippen molar-refractivity contribution in [3.05, 3.63) is 26.6 Å². The first-order valence-electron chi connectivity index (χ1n) is 11.5. The highest BCUT2D eigenvalue weighted by atomic mass is 32.1. The number of carbonyl (C=O) groups is 1. The lowest BCUT2D eigenvalue weighted by atomic mass is 9.85. The van der Waals surface area contributed by atoms with Gasteiger partial charge in [0.1, 0.15) is 10.7 Å². The summed E-state index contributed by atoms with van der Waals surface area (Å²) in [5, 5.41) is 0.815. The minimum atomic E-state index is 0.00747. The van der Waals surface area contributed by atoms with Crippen LogP contribution in [-0.2, 0) is 22.4 Å². The first-order chi connectivity index (χ1) is 14.6. The number of nitrogens with zero attached hydrogens (tertiary/aromatic N) is 2. The zero-order valence-electron chi connectivity index (χ0n) is 17.7. The number of aromatic amines is 1. The van der Waals surface area contributed by atoms with Crippen LogP contribution in [-0.4, -0.2) is 47.1 Å². The van der Waals surface area contributed by atoms with Crippen LogP contribution >= 0.6 is 11.3 Å². The summed E-state index contributed by atoms with van der Waals surface area (Å²) in [5.74, 6) is 1.21. The highest BCUT2D eigenvalue weighted by molar-refractivity contribution is 7.18. The molecule has 0 unspecified atom stereocenters. The number of methoxy groups -OCH3 is 1. The van der Waals surface area contributed by atoms with Gasteiger partial charge >= 0.3 is 0 Å². The molecule has 3 aliphatic rings. The molecular formula is C23H31N3O3S. The number of rotatable bonds is 3. The van der Waals surface area contributed by atoms with Crippen LogP contribution in [0.3, 0.4) is 0 Å². The second-order valence-corrected chi connectivity index (χ2v) is 10.3. The number of piperidine rings is 1. The lowest BCUT2D eigenvalue weighted by molar-refractivity contribution is -0.139. The fourth-order valence-corrected chi connectivity index (χ4v) is 6.89. The molecule has 2 aromatic heterocycles. The maximum absolute atomic E-state index is 13.2. The topological polar surface area (TPSA) is 75.3 Å². The van der Waals surface area contributed by atoms with Crippen LogP contribution in [0, 0.1) is 5.92 Å². The zero-order valence-corrected chi connectivity index (χ0v) is 18.6. The molecule has 1 saturated heterocycles. The number of aromatic nitrogens is 2. The van der Waals surface area contributed by atoms with E-state index in [2.05, 4.69) is 4.98 Å². The van der Waals surface area contributed by atoms with Crippen molar-refractivity contribution >= 4 is 27.5 Å². The number of ether oxygens (including phenoxy) is 1. The van der Waals surface area contributed by atoms with Gasteiger partial charge in [0.05, 0.1) is 11.5 Å². The molecule has 0 radical (unpaired) electrons. The number of H-pyrrole nitrogens is 1.